The number of hydrogen-bond acceptors (Lipinski definition) is 1. The molecule has 0 atom stereocenters. The molecule has 1 amide bonds. The molecular weight excluding hydrogens is 265 g/mol. The maximum Gasteiger partial charge on any atom is 0.224 e. The summed E-state index contributed by atoms with van der Waals surface area (Å²) in [5, 5.41) is 3.26. The normalized spacial score (nSPS) is 10.2. The largest absolute Gasteiger partial charge is 0.325 e. The van der Waals surface area contributed by atoms with Crippen LogP contribution >= 0.6 is 11.6 Å². The average molecular weight is 278 g/mol. The van der Waals surface area contributed by atoms with Gasteiger partial charge in [-0.1, -0.05) is 35.9 Å². The zero-order valence-corrected chi connectivity index (χ0v) is 11.0. The van der Waals surface area contributed by atoms with Crippen molar-refractivity contribution >= 4 is 23.2 Å². The summed E-state index contributed by atoms with van der Waals surface area (Å²) in [5.74, 6) is -0.387. The predicted molar refractivity (Wildman–Crippen MR) is 74.8 cm³/mol. The number of anilines is 1. The van der Waals surface area contributed by atoms with Gasteiger partial charge in [-0.05, 0) is 36.2 Å². The van der Waals surface area contributed by atoms with Crippen LogP contribution in [0.1, 0.15) is 12.0 Å². The maximum absolute atomic E-state index is 12.7. The van der Waals surface area contributed by atoms with E-state index in [2.05, 4.69) is 5.32 Å². The summed E-state index contributed by atoms with van der Waals surface area (Å²) in [6.45, 7) is 0. The van der Waals surface area contributed by atoms with Gasteiger partial charge < -0.3 is 5.32 Å². The molecule has 19 heavy (non-hydrogen) atoms. The van der Waals surface area contributed by atoms with Crippen LogP contribution < -0.4 is 5.32 Å². The Balaban J connectivity index is 1.88. The van der Waals surface area contributed by atoms with Crippen molar-refractivity contribution < 1.29 is 9.18 Å². The Morgan fingerprint density at radius 1 is 1.11 bits per heavy atom. The first kappa shape index (κ1) is 13.6. The molecule has 0 unspecified atom stereocenters. The molecule has 1 N–H and O–H groups in total. The lowest BCUT2D eigenvalue weighted by molar-refractivity contribution is -0.116. The SMILES string of the molecule is O=C(CCc1ccc(F)cc1)Nc1ccccc1Cl. The maximum atomic E-state index is 12.7. The van der Waals surface area contributed by atoms with Gasteiger partial charge in [-0.25, -0.2) is 4.39 Å². The number of para-hydroxylation sites is 1. The van der Waals surface area contributed by atoms with E-state index in [0.29, 0.717) is 23.6 Å². The van der Waals surface area contributed by atoms with E-state index in [1.165, 1.54) is 12.1 Å². The van der Waals surface area contributed by atoms with Gasteiger partial charge in [0.05, 0.1) is 10.7 Å². The monoisotopic (exact) mass is 277 g/mol. The molecule has 0 bridgehead atoms. The zero-order chi connectivity index (χ0) is 13.7. The molecule has 0 aliphatic heterocycles. The van der Waals surface area contributed by atoms with Gasteiger partial charge in [0, 0.05) is 6.42 Å². The summed E-state index contributed by atoms with van der Waals surface area (Å²) in [7, 11) is 0. The van der Waals surface area contributed by atoms with E-state index in [1.54, 1.807) is 30.3 Å². The Hall–Kier alpha value is -1.87. The van der Waals surface area contributed by atoms with Gasteiger partial charge in [0.25, 0.3) is 0 Å². The van der Waals surface area contributed by atoms with E-state index in [9.17, 15) is 9.18 Å². The van der Waals surface area contributed by atoms with Gasteiger partial charge in [-0.3, -0.25) is 4.79 Å². The second-order valence-electron chi connectivity index (χ2n) is 4.15. The highest BCUT2D eigenvalue weighted by atomic mass is 35.5. The fourth-order valence-electron chi connectivity index (χ4n) is 1.68. The number of rotatable bonds is 4. The molecule has 98 valence electrons. The highest BCUT2D eigenvalue weighted by molar-refractivity contribution is 6.33. The molecule has 0 spiro atoms. The number of carbonyl (C=O) groups is 1. The summed E-state index contributed by atoms with van der Waals surface area (Å²) >= 11 is 5.95. The van der Waals surface area contributed by atoms with E-state index in [4.69, 9.17) is 11.6 Å². The average Bonchev–Trinajstić information content (AvgIpc) is 2.41. The molecule has 2 aromatic carbocycles. The smallest absolute Gasteiger partial charge is 0.224 e. The van der Waals surface area contributed by atoms with Crippen LogP contribution in [0.2, 0.25) is 5.02 Å². The molecule has 0 radical (unpaired) electrons. The van der Waals surface area contributed by atoms with E-state index < -0.39 is 0 Å². The van der Waals surface area contributed by atoms with Crippen molar-refractivity contribution in [2.24, 2.45) is 0 Å². The molecule has 0 aliphatic carbocycles. The lowest BCUT2D eigenvalue weighted by Gasteiger charge is -2.06. The van der Waals surface area contributed by atoms with Gasteiger partial charge in [0.1, 0.15) is 5.82 Å². The Kier molecular flexibility index (Phi) is 4.53. The van der Waals surface area contributed by atoms with Gasteiger partial charge in [0.2, 0.25) is 5.91 Å². The fraction of sp³-hybridized carbons (Fsp3) is 0.133. The summed E-state index contributed by atoms with van der Waals surface area (Å²) in [6, 6.07) is 13.2. The lowest BCUT2D eigenvalue weighted by atomic mass is 10.1. The van der Waals surface area contributed by atoms with Gasteiger partial charge >= 0.3 is 0 Å². The van der Waals surface area contributed by atoms with E-state index in [-0.39, 0.29) is 11.7 Å². The zero-order valence-electron chi connectivity index (χ0n) is 10.2. The summed E-state index contributed by atoms with van der Waals surface area (Å²) < 4.78 is 12.7. The summed E-state index contributed by atoms with van der Waals surface area (Å²) in [5.41, 5.74) is 1.53. The van der Waals surface area contributed by atoms with Crippen LogP contribution in [-0.2, 0) is 11.2 Å². The number of hydrogen-bond donors (Lipinski definition) is 1. The topological polar surface area (TPSA) is 29.1 Å². The second-order valence-corrected chi connectivity index (χ2v) is 4.56. The first-order valence-corrected chi connectivity index (χ1v) is 6.32. The molecule has 0 aliphatic rings. The van der Waals surface area contributed by atoms with Crippen LogP contribution in [0.5, 0.6) is 0 Å². The highest BCUT2D eigenvalue weighted by Gasteiger charge is 2.05. The number of halogens is 2. The molecule has 0 saturated heterocycles. The molecule has 2 aromatic rings. The van der Waals surface area contributed by atoms with Crippen molar-refractivity contribution in [3.05, 3.63) is 64.9 Å². The summed E-state index contributed by atoms with van der Waals surface area (Å²) in [6.07, 6.45) is 0.896. The van der Waals surface area contributed by atoms with Crippen molar-refractivity contribution in [1.82, 2.24) is 0 Å². The third-order valence-corrected chi connectivity index (χ3v) is 3.03. The van der Waals surface area contributed by atoms with Crippen LogP contribution in [0, 0.1) is 5.82 Å². The minimum absolute atomic E-state index is 0.113. The van der Waals surface area contributed by atoms with Crippen molar-refractivity contribution in [1.29, 1.82) is 0 Å². The third-order valence-electron chi connectivity index (χ3n) is 2.70. The standard InChI is InChI=1S/C15H13ClFNO/c16-13-3-1-2-4-14(13)18-15(19)10-7-11-5-8-12(17)9-6-11/h1-6,8-9H,7,10H2,(H,18,19). The first-order chi connectivity index (χ1) is 9.15. The van der Waals surface area contributed by atoms with E-state index in [0.717, 1.165) is 5.56 Å². The molecule has 4 heteroatoms. The number of amides is 1. The highest BCUT2D eigenvalue weighted by Crippen LogP contribution is 2.20. The van der Waals surface area contributed by atoms with Crippen molar-refractivity contribution in [3.8, 4) is 0 Å². The van der Waals surface area contributed by atoms with Crippen LogP contribution in [0.15, 0.2) is 48.5 Å². The lowest BCUT2D eigenvalue weighted by Crippen LogP contribution is -2.12. The second kappa shape index (κ2) is 6.34. The van der Waals surface area contributed by atoms with Crippen LogP contribution in [0.25, 0.3) is 0 Å². The molecule has 0 aromatic heterocycles. The fourth-order valence-corrected chi connectivity index (χ4v) is 1.87. The Labute approximate surface area is 116 Å². The number of carbonyl (C=O) groups excluding carboxylic acids is 1. The van der Waals surface area contributed by atoms with E-state index >= 15 is 0 Å². The molecule has 0 heterocycles. The number of aryl methyl sites for hydroxylation is 1. The summed E-state index contributed by atoms with van der Waals surface area (Å²) in [4.78, 5) is 11.8. The Morgan fingerprint density at radius 2 is 1.79 bits per heavy atom. The van der Waals surface area contributed by atoms with Crippen LogP contribution in [0.3, 0.4) is 0 Å². The quantitative estimate of drug-likeness (QED) is 0.897. The molecular formula is C15H13ClFNO. The Bertz CT molecular complexity index is 569. The number of benzene rings is 2. The molecule has 2 nitrogen and oxygen atoms in total. The van der Waals surface area contributed by atoms with Gasteiger partial charge in [-0.2, -0.15) is 0 Å². The molecule has 0 fully saturated rings. The van der Waals surface area contributed by atoms with Crippen LogP contribution in [0.4, 0.5) is 10.1 Å². The van der Waals surface area contributed by atoms with Gasteiger partial charge in [-0.15, -0.1) is 0 Å². The predicted octanol–water partition coefficient (Wildman–Crippen LogP) is 4.05. The van der Waals surface area contributed by atoms with Crippen molar-refractivity contribution in [2.75, 3.05) is 5.32 Å². The molecule has 2 rings (SSSR count). The minimum atomic E-state index is -0.274. The van der Waals surface area contributed by atoms with E-state index in [1.807, 2.05) is 6.07 Å². The van der Waals surface area contributed by atoms with Gasteiger partial charge in [0.15, 0.2) is 0 Å². The third kappa shape index (κ3) is 4.07. The van der Waals surface area contributed by atoms with Crippen molar-refractivity contribution in [3.63, 3.8) is 0 Å². The molecule has 0 saturated carbocycles. The van der Waals surface area contributed by atoms with Crippen LogP contribution in [-0.4, -0.2) is 5.91 Å². The first-order valence-electron chi connectivity index (χ1n) is 5.94. The van der Waals surface area contributed by atoms with Crippen molar-refractivity contribution in [2.45, 2.75) is 12.8 Å². The number of nitrogens with one attached hydrogen (secondary N) is 1. The Morgan fingerprint density at radius 3 is 2.47 bits per heavy atom. The minimum Gasteiger partial charge on any atom is -0.325 e.